The molecule has 0 saturated carbocycles. The summed E-state index contributed by atoms with van der Waals surface area (Å²) in [6.07, 6.45) is 4.13. The van der Waals surface area contributed by atoms with Crippen LogP contribution in [0.15, 0.2) is 12.4 Å². The van der Waals surface area contributed by atoms with Crippen LogP contribution in [0.1, 0.15) is 0 Å². The van der Waals surface area contributed by atoms with E-state index in [1.54, 1.807) is 0 Å². The lowest BCUT2D eigenvalue weighted by molar-refractivity contribution is 0.602. The zero-order valence-electron chi connectivity index (χ0n) is 8.27. The molecule has 15 heavy (non-hydrogen) atoms. The van der Waals surface area contributed by atoms with Gasteiger partial charge in [0, 0.05) is 12.8 Å². The molecule has 1 heterocycles. The van der Waals surface area contributed by atoms with Crippen LogP contribution in [0, 0.1) is 0 Å². The number of hydrogen-bond donors (Lipinski definition) is 3. The Balaban J connectivity index is 2.51. The van der Waals surface area contributed by atoms with Gasteiger partial charge in [0.2, 0.25) is 0 Å². The number of nitrogens with two attached hydrogens (primary N) is 1. The maximum atomic E-state index is 10.8. The summed E-state index contributed by atoms with van der Waals surface area (Å²) < 4.78 is 21.7. The Bertz CT molecular complexity index is 419. The van der Waals surface area contributed by atoms with E-state index >= 15 is 0 Å². The van der Waals surface area contributed by atoms with Crippen molar-refractivity contribution in [2.24, 2.45) is 5.84 Å². The normalized spacial score (nSPS) is 11.1. The highest BCUT2D eigenvalue weighted by Crippen LogP contribution is 2.04. The van der Waals surface area contributed by atoms with Crippen LogP contribution < -0.4 is 16.6 Å². The Morgan fingerprint density at radius 1 is 1.40 bits per heavy atom. The van der Waals surface area contributed by atoms with Crippen molar-refractivity contribution in [3.63, 3.8) is 0 Å². The molecular weight excluding hydrogens is 218 g/mol. The second-order valence-electron chi connectivity index (χ2n) is 2.99. The van der Waals surface area contributed by atoms with Gasteiger partial charge in [0.05, 0.1) is 18.1 Å². The minimum absolute atomic E-state index is 0.0506. The van der Waals surface area contributed by atoms with E-state index in [2.05, 4.69) is 20.7 Å². The summed E-state index contributed by atoms with van der Waals surface area (Å²) in [6.45, 7) is 0.293. The van der Waals surface area contributed by atoms with Crippen LogP contribution in [-0.4, -0.2) is 36.9 Å². The lowest BCUT2D eigenvalue weighted by atomic mass is 10.6. The quantitative estimate of drug-likeness (QED) is 0.450. The number of hydrazine groups is 1. The lowest BCUT2D eigenvalue weighted by Gasteiger charge is -2.05. The van der Waals surface area contributed by atoms with Crippen molar-refractivity contribution in [2.75, 3.05) is 29.3 Å². The van der Waals surface area contributed by atoms with Crippen LogP contribution in [0.5, 0.6) is 0 Å². The second kappa shape index (κ2) is 4.89. The maximum absolute atomic E-state index is 10.8. The standard InChI is InChI=1S/C7H13N5O2S/c1-15(13,14)3-2-10-6-4-9-5-7(11-6)12-8/h4-5H,2-3,8H2,1H3,(H2,10,11,12). The summed E-state index contributed by atoms with van der Waals surface area (Å²) in [7, 11) is -2.96. The molecule has 4 N–H and O–H groups in total. The Kier molecular flexibility index (Phi) is 3.81. The fourth-order valence-electron chi connectivity index (χ4n) is 0.885. The molecule has 0 aromatic carbocycles. The van der Waals surface area contributed by atoms with Gasteiger partial charge in [-0.15, -0.1) is 0 Å². The van der Waals surface area contributed by atoms with Gasteiger partial charge < -0.3 is 10.7 Å². The predicted octanol–water partition coefficient (Wildman–Crippen LogP) is -0.781. The minimum Gasteiger partial charge on any atom is -0.368 e. The third kappa shape index (κ3) is 4.56. The molecule has 0 unspecified atom stereocenters. The molecular formula is C7H13N5O2S. The number of nitrogen functional groups attached to an aromatic ring is 1. The zero-order chi connectivity index (χ0) is 11.3. The molecule has 0 fully saturated rings. The average molecular weight is 231 g/mol. The number of anilines is 2. The molecule has 0 spiro atoms. The third-order valence-electron chi connectivity index (χ3n) is 1.56. The maximum Gasteiger partial charge on any atom is 0.160 e. The SMILES string of the molecule is CS(=O)(=O)CCNc1cncc(NN)n1. The van der Waals surface area contributed by atoms with Crippen LogP contribution in [-0.2, 0) is 9.84 Å². The van der Waals surface area contributed by atoms with E-state index in [9.17, 15) is 8.42 Å². The molecule has 0 bridgehead atoms. The summed E-state index contributed by atoms with van der Waals surface area (Å²) >= 11 is 0. The van der Waals surface area contributed by atoms with Crippen LogP contribution in [0.3, 0.4) is 0 Å². The van der Waals surface area contributed by atoms with Gasteiger partial charge in [-0.2, -0.15) is 0 Å². The molecule has 0 saturated heterocycles. The number of sulfone groups is 1. The van der Waals surface area contributed by atoms with Crippen molar-refractivity contribution >= 4 is 21.5 Å². The van der Waals surface area contributed by atoms with Crippen molar-refractivity contribution in [2.45, 2.75) is 0 Å². The Morgan fingerprint density at radius 3 is 2.67 bits per heavy atom. The molecule has 0 aliphatic carbocycles. The minimum atomic E-state index is -2.96. The third-order valence-corrected chi connectivity index (χ3v) is 2.51. The van der Waals surface area contributed by atoms with Crippen LogP contribution in [0.4, 0.5) is 11.6 Å². The van der Waals surface area contributed by atoms with Crippen molar-refractivity contribution < 1.29 is 8.42 Å². The number of nitrogens with one attached hydrogen (secondary N) is 2. The molecule has 0 atom stereocenters. The first-order chi connectivity index (χ1) is 7.01. The Hall–Kier alpha value is -1.41. The van der Waals surface area contributed by atoms with Gasteiger partial charge >= 0.3 is 0 Å². The van der Waals surface area contributed by atoms with Crippen molar-refractivity contribution in [1.82, 2.24) is 9.97 Å². The van der Waals surface area contributed by atoms with Crippen molar-refractivity contribution in [3.05, 3.63) is 12.4 Å². The van der Waals surface area contributed by atoms with Gasteiger partial charge in [-0.05, 0) is 0 Å². The first-order valence-corrected chi connectivity index (χ1v) is 6.27. The average Bonchev–Trinajstić information content (AvgIpc) is 2.16. The van der Waals surface area contributed by atoms with Crippen molar-refractivity contribution in [3.8, 4) is 0 Å². The number of rotatable bonds is 5. The largest absolute Gasteiger partial charge is 0.368 e. The number of aromatic nitrogens is 2. The molecule has 7 nitrogen and oxygen atoms in total. The van der Waals surface area contributed by atoms with Crippen LogP contribution >= 0.6 is 0 Å². The molecule has 1 rings (SSSR count). The first-order valence-electron chi connectivity index (χ1n) is 4.21. The predicted molar refractivity (Wildman–Crippen MR) is 58.0 cm³/mol. The van der Waals surface area contributed by atoms with E-state index in [1.165, 1.54) is 18.6 Å². The molecule has 0 aliphatic rings. The smallest absolute Gasteiger partial charge is 0.160 e. The fraction of sp³-hybridized carbons (Fsp3) is 0.429. The molecule has 0 aliphatic heterocycles. The van der Waals surface area contributed by atoms with Gasteiger partial charge in [-0.3, -0.25) is 4.98 Å². The van der Waals surface area contributed by atoms with E-state index in [0.717, 1.165) is 0 Å². The van der Waals surface area contributed by atoms with E-state index in [-0.39, 0.29) is 5.75 Å². The van der Waals surface area contributed by atoms with Crippen LogP contribution in [0.2, 0.25) is 0 Å². The number of hydrogen-bond acceptors (Lipinski definition) is 7. The van der Waals surface area contributed by atoms with Gasteiger partial charge in [0.1, 0.15) is 15.7 Å². The molecule has 8 heteroatoms. The van der Waals surface area contributed by atoms with E-state index < -0.39 is 9.84 Å². The Morgan fingerprint density at radius 2 is 2.07 bits per heavy atom. The number of nitrogens with zero attached hydrogens (tertiary/aromatic N) is 2. The molecule has 1 aromatic heterocycles. The highest BCUT2D eigenvalue weighted by molar-refractivity contribution is 7.90. The summed E-state index contributed by atoms with van der Waals surface area (Å²) in [4.78, 5) is 7.86. The first kappa shape index (κ1) is 11.7. The summed E-state index contributed by atoms with van der Waals surface area (Å²) in [5, 5.41) is 2.83. The van der Waals surface area contributed by atoms with Gasteiger partial charge in [0.15, 0.2) is 5.82 Å². The van der Waals surface area contributed by atoms with Crippen molar-refractivity contribution in [1.29, 1.82) is 0 Å². The van der Waals surface area contributed by atoms with Gasteiger partial charge in [0.25, 0.3) is 0 Å². The van der Waals surface area contributed by atoms with E-state index in [0.29, 0.717) is 18.2 Å². The molecule has 0 radical (unpaired) electrons. The second-order valence-corrected chi connectivity index (χ2v) is 5.25. The summed E-state index contributed by atoms with van der Waals surface area (Å²) in [5.41, 5.74) is 2.34. The zero-order valence-corrected chi connectivity index (χ0v) is 9.08. The monoisotopic (exact) mass is 231 g/mol. The van der Waals surface area contributed by atoms with E-state index in [1.807, 2.05) is 0 Å². The lowest BCUT2D eigenvalue weighted by Crippen LogP contribution is -2.16. The van der Waals surface area contributed by atoms with Gasteiger partial charge in [-0.25, -0.2) is 19.2 Å². The summed E-state index contributed by atoms with van der Waals surface area (Å²) in [5.74, 6) is 6.09. The van der Waals surface area contributed by atoms with Gasteiger partial charge in [-0.1, -0.05) is 0 Å². The summed E-state index contributed by atoms with van der Waals surface area (Å²) in [6, 6.07) is 0. The molecule has 1 aromatic rings. The molecule has 0 amide bonds. The topological polar surface area (TPSA) is 110 Å². The van der Waals surface area contributed by atoms with E-state index in [4.69, 9.17) is 5.84 Å². The highest BCUT2D eigenvalue weighted by Gasteiger charge is 2.02. The fourth-order valence-corrected chi connectivity index (χ4v) is 1.36. The van der Waals surface area contributed by atoms with Crippen LogP contribution in [0.25, 0.3) is 0 Å². The Labute approximate surface area is 88.0 Å². The molecule has 84 valence electrons. The highest BCUT2D eigenvalue weighted by atomic mass is 32.2.